The van der Waals surface area contributed by atoms with Crippen LogP contribution in [0, 0.1) is 5.41 Å². The van der Waals surface area contributed by atoms with Crippen LogP contribution in [0.1, 0.15) is 20.3 Å². The third-order valence-electron chi connectivity index (χ3n) is 2.36. The first-order valence-electron chi connectivity index (χ1n) is 5.69. The quantitative estimate of drug-likeness (QED) is 0.275. The highest BCUT2D eigenvalue weighted by molar-refractivity contribution is 7.98. The van der Waals surface area contributed by atoms with E-state index in [0.717, 1.165) is 11.9 Å². The molecular formula is C12H18ClF3N2OS. The van der Waals surface area contributed by atoms with Gasteiger partial charge in [0.1, 0.15) is 0 Å². The number of rotatable bonds is 8. The maximum atomic E-state index is 12.4. The number of halogens is 4. The second-order valence-electron chi connectivity index (χ2n) is 4.36. The molecule has 3 atom stereocenters. The molecule has 0 aliphatic carbocycles. The van der Waals surface area contributed by atoms with Crippen LogP contribution < -0.4 is 4.72 Å². The molecule has 0 rings (SSSR count). The van der Waals surface area contributed by atoms with Crippen LogP contribution in [0.15, 0.2) is 24.4 Å². The number of hydrogen-bond donors (Lipinski definition) is 3. The number of aliphatic hydroxyl groups is 1. The van der Waals surface area contributed by atoms with Crippen molar-refractivity contribution in [2.75, 3.05) is 0 Å². The van der Waals surface area contributed by atoms with Crippen molar-refractivity contribution in [3.05, 3.63) is 24.4 Å². The van der Waals surface area contributed by atoms with Gasteiger partial charge in [0.05, 0.1) is 16.7 Å². The maximum absolute atomic E-state index is 12.4. The van der Waals surface area contributed by atoms with E-state index in [-0.39, 0.29) is 17.8 Å². The van der Waals surface area contributed by atoms with Crippen LogP contribution in [-0.4, -0.2) is 33.7 Å². The first-order chi connectivity index (χ1) is 8.96. The summed E-state index contributed by atoms with van der Waals surface area (Å²) < 4.78 is 39.8. The number of nitrogens with one attached hydrogen (secondary N) is 2. The van der Waals surface area contributed by atoms with Gasteiger partial charge in [0.15, 0.2) is 0 Å². The average Bonchev–Trinajstić information content (AvgIpc) is 2.25. The van der Waals surface area contributed by atoms with Gasteiger partial charge in [-0.2, -0.15) is 13.2 Å². The summed E-state index contributed by atoms with van der Waals surface area (Å²) in [6.45, 7) is 9.55. The van der Waals surface area contributed by atoms with Gasteiger partial charge in [0.25, 0.3) is 0 Å². The summed E-state index contributed by atoms with van der Waals surface area (Å²) in [5.74, 6) is 0. The van der Waals surface area contributed by atoms with Crippen LogP contribution in [0.5, 0.6) is 0 Å². The molecule has 0 amide bonds. The Morgan fingerprint density at radius 2 is 1.95 bits per heavy atom. The Morgan fingerprint density at radius 1 is 1.45 bits per heavy atom. The molecule has 116 valence electrons. The largest absolute Gasteiger partial charge is 0.413 e. The number of alkyl halides is 4. The van der Waals surface area contributed by atoms with Gasteiger partial charge in [0, 0.05) is 23.4 Å². The summed E-state index contributed by atoms with van der Waals surface area (Å²) in [4.78, 5) is 0. The zero-order chi connectivity index (χ0) is 16.1. The molecule has 0 spiro atoms. The van der Waals surface area contributed by atoms with Crippen molar-refractivity contribution in [2.24, 2.45) is 0 Å². The minimum absolute atomic E-state index is 0.142. The summed E-state index contributed by atoms with van der Waals surface area (Å²) in [7, 11) is 0. The van der Waals surface area contributed by atoms with Crippen LogP contribution >= 0.6 is 23.5 Å². The smallest absolute Gasteiger partial charge is 0.392 e. The molecule has 8 heteroatoms. The van der Waals surface area contributed by atoms with E-state index in [9.17, 15) is 18.3 Å². The van der Waals surface area contributed by atoms with Crippen LogP contribution in [-0.2, 0) is 0 Å². The standard InChI is InChI=1S/C12H18ClF3N2OS/c1-6(5-10(13)7(2)12(14,15)16)18-20-11(8(3)17)9(4)19/h9-11,17-19H,1-2,5H2,3-4H3. The topological polar surface area (TPSA) is 56.1 Å². The molecule has 3 N–H and O–H groups in total. The van der Waals surface area contributed by atoms with E-state index in [1.54, 1.807) is 0 Å². The molecule has 0 radical (unpaired) electrons. The zero-order valence-electron chi connectivity index (χ0n) is 11.2. The van der Waals surface area contributed by atoms with Gasteiger partial charge in [-0.25, -0.2) is 0 Å². The molecule has 0 aromatic rings. The van der Waals surface area contributed by atoms with Crippen LogP contribution in [0.25, 0.3) is 0 Å². The Balaban J connectivity index is 4.37. The molecule has 0 heterocycles. The molecule has 20 heavy (non-hydrogen) atoms. The van der Waals surface area contributed by atoms with Crippen molar-refractivity contribution in [3.63, 3.8) is 0 Å². The Hall–Kier alpha value is -0.660. The lowest BCUT2D eigenvalue weighted by Gasteiger charge is -2.21. The molecule has 0 fully saturated rings. The summed E-state index contributed by atoms with van der Waals surface area (Å²) >= 11 is 6.64. The predicted molar refractivity (Wildman–Crippen MR) is 78.2 cm³/mol. The lowest BCUT2D eigenvalue weighted by Crippen LogP contribution is -2.30. The molecule has 0 bridgehead atoms. The highest BCUT2D eigenvalue weighted by Gasteiger charge is 2.36. The fraction of sp³-hybridized carbons (Fsp3) is 0.583. The molecular weight excluding hydrogens is 313 g/mol. The van der Waals surface area contributed by atoms with E-state index in [1.165, 1.54) is 13.8 Å². The van der Waals surface area contributed by atoms with E-state index in [4.69, 9.17) is 17.0 Å². The van der Waals surface area contributed by atoms with Crippen LogP contribution in [0.3, 0.4) is 0 Å². The van der Waals surface area contributed by atoms with E-state index in [1.807, 2.05) is 0 Å². The van der Waals surface area contributed by atoms with Crippen molar-refractivity contribution in [1.82, 2.24) is 4.72 Å². The monoisotopic (exact) mass is 330 g/mol. The van der Waals surface area contributed by atoms with E-state index in [0.29, 0.717) is 0 Å². The lowest BCUT2D eigenvalue weighted by molar-refractivity contribution is -0.0930. The van der Waals surface area contributed by atoms with Gasteiger partial charge in [-0.15, -0.1) is 11.6 Å². The summed E-state index contributed by atoms with van der Waals surface area (Å²) in [6.07, 6.45) is -5.45. The van der Waals surface area contributed by atoms with Gasteiger partial charge in [-0.3, -0.25) is 0 Å². The Kier molecular flexibility index (Phi) is 7.69. The third kappa shape index (κ3) is 6.67. The molecule has 0 aliphatic heterocycles. The molecule has 0 aromatic heterocycles. The molecule has 0 aromatic carbocycles. The van der Waals surface area contributed by atoms with Gasteiger partial charge in [0.2, 0.25) is 0 Å². The highest BCUT2D eigenvalue weighted by Crippen LogP contribution is 2.31. The van der Waals surface area contributed by atoms with E-state index >= 15 is 0 Å². The highest BCUT2D eigenvalue weighted by atomic mass is 35.5. The van der Waals surface area contributed by atoms with Crippen molar-refractivity contribution < 1.29 is 18.3 Å². The molecule has 0 saturated heterocycles. The fourth-order valence-electron chi connectivity index (χ4n) is 1.25. The maximum Gasteiger partial charge on any atom is 0.413 e. The summed E-state index contributed by atoms with van der Waals surface area (Å²) in [5, 5.41) is 15.1. The zero-order valence-corrected chi connectivity index (χ0v) is 12.8. The Labute approximate surface area is 125 Å². The fourth-order valence-corrected chi connectivity index (χ4v) is 2.31. The first-order valence-corrected chi connectivity index (χ1v) is 7.01. The summed E-state index contributed by atoms with van der Waals surface area (Å²) in [5.41, 5.74) is -0.512. The van der Waals surface area contributed by atoms with Crippen LogP contribution in [0.2, 0.25) is 0 Å². The van der Waals surface area contributed by atoms with E-state index < -0.39 is 28.5 Å². The SMILES string of the molecule is C=C(CC(Cl)C(=C)C(F)(F)F)NSC(C(C)=N)C(C)O. The second-order valence-corrected chi connectivity index (χ2v) is 5.84. The summed E-state index contributed by atoms with van der Waals surface area (Å²) in [6, 6.07) is 0. The molecule has 0 saturated carbocycles. The van der Waals surface area contributed by atoms with Gasteiger partial charge in [-0.05, 0) is 25.8 Å². The van der Waals surface area contributed by atoms with Gasteiger partial charge in [-0.1, -0.05) is 13.2 Å². The second kappa shape index (κ2) is 7.95. The molecule has 0 aliphatic rings. The van der Waals surface area contributed by atoms with Crippen LogP contribution in [0.4, 0.5) is 13.2 Å². The third-order valence-corrected chi connectivity index (χ3v) is 4.19. The minimum atomic E-state index is -4.53. The number of allylic oxidation sites excluding steroid dienone is 2. The Bertz CT molecular complexity index is 385. The first kappa shape index (κ1) is 19.3. The van der Waals surface area contributed by atoms with Crippen molar-refractivity contribution >= 4 is 29.3 Å². The minimum Gasteiger partial charge on any atom is -0.392 e. The van der Waals surface area contributed by atoms with Gasteiger partial charge < -0.3 is 15.2 Å². The average molecular weight is 331 g/mol. The number of hydrogen-bond acceptors (Lipinski definition) is 4. The number of aliphatic hydroxyl groups excluding tert-OH is 1. The van der Waals surface area contributed by atoms with E-state index in [2.05, 4.69) is 17.9 Å². The van der Waals surface area contributed by atoms with Gasteiger partial charge >= 0.3 is 6.18 Å². The predicted octanol–water partition coefficient (Wildman–Crippen LogP) is 3.64. The Morgan fingerprint density at radius 3 is 2.30 bits per heavy atom. The normalized spacial score (nSPS) is 16.1. The van der Waals surface area contributed by atoms with Crippen molar-refractivity contribution in [2.45, 2.75) is 43.2 Å². The van der Waals surface area contributed by atoms with Crippen molar-refractivity contribution in [1.29, 1.82) is 5.41 Å². The molecule has 3 unspecified atom stereocenters. The molecule has 3 nitrogen and oxygen atoms in total. The van der Waals surface area contributed by atoms with Crippen molar-refractivity contribution in [3.8, 4) is 0 Å². The lowest BCUT2D eigenvalue weighted by atomic mass is 10.1.